The number of anilines is 2. The number of carbonyl (C=O) groups is 2. The molecule has 3 aromatic carbocycles. The summed E-state index contributed by atoms with van der Waals surface area (Å²) in [6, 6.07) is 20.1. The van der Waals surface area contributed by atoms with Gasteiger partial charge in [-0.05, 0) is 64.8 Å². The number of amides is 2. The SMILES string of the molecule is CCOc1ccccc1N1C(=O)[C@@H]2[C@@H](ON(c3ccccc3)[C@H]2c2ccc(F)c(Br)c2)C1=O. The lowest BCUT2D eigenvalue weighted by atomic mass is 9.90. The highest BCUT2D eigenvalue weighted by Gasteiger charge is 2.60. The van der Waals surface area contributed by atoms with Crippen molar-refractivity contribution in [3.05, 3.63) is 88.6 Å². The number of hydroxylamine groups is 1. The van der Waals surface area contributed by atoms with Gasteiger partial charge < -0.3 is 4.74 Å². The fraction of sp³-hybridized carbons (Fsp3) is 0.200. The molecule has 3 atom stereocenters. The largest absolute Gasteiger partial charge is 0.492 e. The van der Waals surface area contributed by atoms with Crippen molar-refractivity contribution in [1.82, 2.24) is 0 Å². The van der Waals surface area contributed by atoms with Crippen molar-refractivity contribution >= 4 is 39.1 Å². The van der Waals surface area contributed by atoms with Gasteiger partial charge >= 0.3 is 0 Å². The minimum atomic E-state index is -1.01. The second kappa shape index (κ2) is 8.61. The number of ether oxygens (including phenoxy) is 1. The van der Waals surface area contributed by atoms with Gasteiger partial charge in [0.1, 0.15) is 17.5 Å². The number of carbonyl (C=O) groups excluding carboxylic acids is 2. The molecule has 0 saturated carbocycles. The van der Waals surface area contributed by atoms with Crippen molar-refractivity contribution in [2.75, 3.05) is 16.6 Å². The fourth-order valence-electron chi connectivity index (χ4n) is 4.41. The molecule has 2 aliphatic rings. The van der Waals surface area contributed by atoms with Gasteiger partial charge in [-0.3, -0.25) is 14.4 Å². The van der Waals surface area contributed by atoms with E-state index in [9.17, 15) is 14.0 Å². The number of para-hydroxylation sites is 3. The van der Waals surface area contributed by atoms with Crippen LogP contribution in [0.4, 0.5) is 15.8 Å². The van der Waals surface area contributed by atoms with Crippen molar-refractivity contribution in [2.45, 2.75) is 19.1 Å². The predicted molar refractivity (Wildman–Crippen MR) is 124 cm³/mol. The topological polar surface area (TPSA) is 59.1 Å². The first-order valence-corrected chi connectivity index (χ1v) is 11.4. The van der Waals surface area contributed by atoms with Crippen molar-refractivity contribution in [3.8, 4) is 5.75 Å². The van der Waals surface area contributed by atoms with E-state index in [0.29, 0.717) is 29.3 Å². The minimum absolute atomic E-state index is 0.270. The zero-order valence-electron chi connectivity index (χ0n) is 17.7. The number of hydrogen-bond donors (Lipinski definition) is 0. The van der Waals surface area contributed by atoms with Gasteiger partial charge in [-0.25, -0.2) is 14.4 Å². The van der Waals surface area contributed by atoms with Gasteiger partial charge in [0.15, 0.2) is 6.10 Å². The Bertz CT molecular complexity index is 1220. The van der Waals surface area contributed by atoms with E-state index in [1.54, 1.807) is 41.5 Å². The molecule has 0 unspecified atom stereocenters. The molecule has 0 aromatic heterocycles. The van der Waals surface area contributed by atoms with E-state index in [1.807, 2.05) is 37.3 Å². The molecule has 168 valence electrons. The van der Waals surface area contributed by atoms with Crippen LogP contribution in [-0.4, -0.2) is 24.5 Å². The molecule has 2 fully saturated rings. The normalized spacial score (nSPS) is 22.1. The van der Waals surface area contributed by atoms with E-state index < -0.39 is 29.8 Å². The maximum Gasteiger partial charge on any atom is 0.266 e. The number of halogens is 2. The average Bonchev–Trinajstić information content (AvgIpc) is 3.33. The van der Waals surface area contributed by atoms with Crippen LogP contribution >= 0.6 is 15.9 Å². The molecule has 0 bridgehead atoms. The molecule has 8 heteroatoms. The Morgan fingerprint density at radius 3 is 2.45 bits per heavy atom. The molecule has 2 aliphatic heterocycles. The van der Waals surface area contributed by atoms with Crippen LogP contribution in [0, 0.1) is 11.7 Å². The highest BCUT2D eigenvalue weighted by molar-refractivity contribution is 9.10. The van der Waals surface area contributed by atoms with Crippen LogP contribution in [0.2, 0.25) is 0 Å². The third kappa shape index (κ3) is 3.59. The molecule has 2 saturated heterocycles. The number of benzene rings is 3. The fourth-order valence-corrected chi connectivity index (χ4v) is 4.80. The Hall–Kier alpha value is -3.23. The first kappa shape index (κ1) is 21.6. The summed E-state index contributed by atoms with van der Waals surface area (Å²) < 4.78 is 19.9. The van der Waals surface area contributed by atoms with Crippen LogP contribution in [-0.2, 0) is 14.4 Å². The molecular weight excluding hydrogens is 491 g/mol. The monoisotopic (exact) mass is 510 g/mol. The summed E-state index contributed by atoms with van der Waals surface area (Å²) in [5.74, 6) is -1.63. The van der Waals surface area contributed by atoms with Crippen LogP contribution in [0.15, 0.2) is 77.3 Å². The third-order valence-electron chi connectivity index (χ3n) is 5.82. The smallest absolute Gasteiger partial charge is 0.266 e. The van der Waals surface area contributed by atoms with Crippen LogP contribution in [0.1, 0.15) is 18.5 Å². The second-order valence-electron chi connectivity index (χ2n) is 7.74. The van der Waals surface area contributed by atoms with Gasteiger partial charge in [0, 0.05) is 0 Å². The van der Waals surface area contributed by atoms with Gasteiger partial charge in [0.25, 0.3) is 5.91 Å². The van der Waals surface area contributed by atoms with E-state index in [4.69, 9.17) is 9.57 Å². The minimum Gasteiger partial charge on any atom is -0.492 e. The van der Waals surface area contributed by atoms with Crippen molar-refractivity contribution in [1.29, 1.82) is 0 Å². The van der Waals surface area contributed by atoms with Gasteiger partial charge in [-0.15, -0.1) is 0 Å². The van der Waals surface area contributed by atoms with E-state index in [1.165, 1.54) is 6.07 Å². The summed E-state index contributed by atoms with van der Waals surface area (Å²) in [5, 5.41) is 1.58. The van der Waals surface area contributed by atoms with Crippen molar-refractivity contribution in [3.63, 3.8) is 0 Å². The van der Waals surface area contributed by atoms with Crippen LogP contribution in [0.25, 0.3) is 0 Å². The molecular formula is C25H20BrFN2O4. The van der Waals surface area contributed by atoms with Crippen LogP contribution in [0.5, 0.6) is 5.75 Å². The van der Waals surface area contributed by atoms with Gasteiger partial charge in [0.2, 0.25) is 5.91 Å². The van der Waals surface area contributed by atoms with Crippen LogP contribution in [0.3, 0.4) is 0 Å². The lowest BCUT2D eigenvalue weighted by Crippen LogP contribution is -2.37. The number of hydrogen-bond acceptors (Lipinski definition) is 5. The molecule has 6 nitrogen and oxygen atoms in total. The molecule has 2 heterocycles. The first-order valence-electron chi connectivity index (χ1n) is 10.6. The summed E-state index contributed by atoms with van der Waals surface area (Å²) in [7, 11) is 0. The first-order chi connectivity index (χ1) is 16.0. The lowest BCUT2D eigenvalue weighted by molar-refractivity contribution is -0.126. The summed E-state index contributed by atoms with van der Waals surface area (Å²) >= 11 is 3.23. The molecule has 0 spiro atoms. The molecule has 33 heavy (non-hydrogen) atoms. The molecule has 3 aromatic rings. The molecule has 2 amide bonds. The Morgan fingerprint density at radius 2 is 1.73 bits per heavy atom. The molecule has 0 N–H and O–H groups in total. The van der Waals surface area contributed by atoms with Crippen molar-refractivity contribution < 1.29 is 23.6 Å². The Morgan fingerprint density at radius 1 is 1.00 bits per heavy atom. The highest BCUT2D eigenvalue weighted by atomic mass is 79.9. The Labute approximate surface area is 198 Å². The van der Waals surface area contributed by atoms with Crippen molar-refractivity contribution in [2.24, 2.45) is 5.92 Å². The summed E-state index contributed by atoms with van der Waals surface area (Å²) in [5.41, 5.74) is 1.73. The quantitative estimate of drug-likeness (QED) is 0.450. The van der Waals surface area contributed by atoms with Crippen LogP contribution < -0.4 is 14.7 Å². The molecule has 0 aliphatic carbocycles. The number of fused-ring (bicyclic) bond motifs is 1. The van der Waals surface area contributed by atoms with Gasteiger partial charge in [-0.2, -0.15) is 0 Å². The zero-order valence-corrected chi connectivity index (χ0v) is 19.2. The highest BCUT2D eigenvalue weighted by Crippen LogP contribution is 2.48. The number of nitrogens with zero attached hydrogens (tertiary/aromatic N) is 2. The third-order valence-corrected chi connectivity index (χ3v) is 6.42. The Kier molecular flexibility index (Phi) is 5.64. The average molecular weight is 511 g/mol. The molecule has 5 rings (SSSR count). The standard InChI is InChI=1S/C25H20BrFN2O4/c1-2-32-20-11-7-6-10-19(20)28-24(30)21-22(15-12-13-18(27)17(26)14-15)29(33-23(21)25(28)31)16-8-4-3-5-9-16/h3-14,21-23H,2H2,1H3/t21-,22-,23+/m0/s1. The second-order valence-corrected chi connectivity index (χ2v) is 8.60. The Balaban J connectivity index is 1.60. The van der Waals surface area contributed by atoms with E-state index >= 15 is 0 Å². The number of rotatable bonds is 5. The molecule has 0 radical (unpaired) electrons. The predicted octanol–water partition coefficient (Wildman–Crippen LogP) is 5.04. The van der Waals surface area contributed by atoms with Gasteiger partial charge in [-0.1, -0.05) is 36.4 Å². The zero-order chi connectivity index (χ0) is 23.1. The van der Waals surface area contributed by atoms with Gasteiger partial charge in [0.05, 0.1) is 28.5 Å². The maximum absolute atomic E-state index is 14.0. The maximum atomic E-state index is 14.0. The number of imide groups is 1. The van der Waals surface area contributed by atoms with E-state index in [2.05, 4.69) is 15.9 Å². The van der Waals surface area contributed by atoms with E-state index in [0.717, 1.165) is 4.90 Å². The summed E-state index contributed by atoms with van der Waals surface area (Å²) in [4.78, 5) is 34.4. The lowest BCUT2D eigenvalue weighted by Gasteiger charge is -2.29. The summed E-state index contributed by atoms with van der Waals surface area (Å²) in [6.07, 6.45) is -1.01. The summed E-state index contributed by atoms with van der Waals surface area (Å²) in [6.45, 7) is 2.23. The van der Waals surface area contributed by atoms with E-state index in [-0.39, 0.29) is 10.4 Å².